The Labute approximate surface area is 80.6 Å². The van der Waals surface area contributed by atoms with Gasteiger partial charge in [0.2, 0.25) is 5.75 Å². The Morgan fingerprint density at radius 2 is 2.14 bits per heavy atom. The molecule has 1 heterocycles. The molecule has 78 valence electrons. The number of nitrogens with two attached hydrogens (primary N) is 1. The summed E-state index contributed by atoms with van der Waals surface area (Å²) in [7, 11) is 0. The highest BCUT2D eigenvalue weighted by Gasteiger charge is 2.15. The van der Waals surface area contributed by atoms with Gasteiger partial charge in [0.05, 0.1) is 5.69 Å². The van der Waals surface area contributed by atoms with Crippen LogP contribution in [0.1, 0.15) is 25.6 Å². The molecule has 0 radical (unpaired) electrons. The van der Waals surface area contributed by atoms with Gasteiger partial charge < -0.3 is 10.5 Å². The van der Waals surface area contributed by atoms with E-state index in [0.29, 0.717) is 5.69 Å². The summed E-state index contributed by atoms with van der Waals surface area (Å²) < 4.78 is 5.95. The lowest BCUT2D eigenvalue weighted by Gasteiger charge is -2.03. The van der Waals surface area contributed by atoms with E-state index in [-0.39, 0.29) is 17.4 Å². The first kappa shape index (κ1) is 10.4. The maximum Gasteiger partial charge on any atom is 0.410 e. The molecule has 0 aromatic carbocycles. The first-order chi connectivity index (χ1) is 6.43. The molecule has 3 N–H and O–H groups in total. The zero-order valence-electron chi connectivity index (χ0n) is 8.33. The first-order valence-electron chi connectivity index (χ1n) is 4.22. The van der Waals surface area contributed by atoms with Crippen LogP contribution in [0.15, 0.2) is 4.79 Å². The molecule has 1 amide bonds. The number of H-pyrrole nitrogens is 1. The summed E-state index contributed by atoms with van der Waals surface area (Å²) in [5.74, 6) is -0.0359. The zero-order chi connectivity index (χ0) is 10.9. The number of rotatable bonds is 2. The van der Waals surface area contributed by atoms with Crippen LogP contribution in [0.3, 0.4) is 0 Å². The molecular weight excluding hydrogens is 186 g/mol. The molecule has 0 aliphatic heterocycles. The van der Waals surface area contributed by atoms with Gasteiger partial charge in [-0.2, -0.15) is 0 Å². The van der Waals surface area contributed by atoms with Crippen molar-refractivity contribution in [3.8, 4) is 5.75 Å². The van der Waals surface area contributed by atoms with Gasteiger partial charge in [-0.1, -0.05) is 0 Å². The Hall–Kier alpha value is -1.72. The fourth-order valence-electron chi connectivity index (χ4n) is 1.14. The summed E-state index contributed by atoms with van der Waals surface area (Å²) in [4.78, 5) is 22.1. The molecule has 1 rings (SSSR count). The molecule has 0 fully saturated rings. The number of ether oxygens (including phenoxy) is 1. The van der Waals surface area contributed by atoms with Gasteiger partial charge in [-0.05, 0) is 20.8 Å². The van der Waals surface area contributed by atoms with Crippen molar-refractivity contribution in [2.45, 2.75) is 26.8 Å². The Kier molecular flexibility index (Phi) is 2.64. The number of nitrogens with one attached hydrogen (secondary N) is 1. The molecule has 0 spiro atoms. The number of aromatic amines is 1. The summed E-state index contributed by atoms with van der Waals surface area (Å²) in [6.07, 6.45) is -0.986. The van der Waals surface area contributed by atoms with E-state index in [1.54, 1.807) is 6.92 Å². The fourth-order valence-corrected chi connectivity index (χ4v) is 1.14. The maximum atomic E-state index is 11.6. The van der Waals surface area contributed by atoms with E-state index in [1.807, 2.05) is 13.8 Å². The quantitative estimate of drug-likeness (QED) is 0.727. The summed E-state index contributed by atoms with van der Waals surface area (Å²) >= 11 is 0. The number of aryl methyl sites for hydroxylation is 1. The third-order valence-corrected chi connectivity index (χ3v) is 1.76. The van der Waals surface area contributed by atoms with Crippen LogP contribution in [0, 0.1) is 6.92 Å². The van der Waals surface area contributed by atoms with Gasteiger partial charge in [0.1, 0.15) is 0 Å². The molecule has 0 aliphatic carbocycles. The van der Waals surface area contributed by atoms with Crippen molar-refractivity contribution in [3.63, 3.8) is 0 Å². The standard InChI is InChI=1S/C8H13N3O3/c1-4(2)11-7(12)6(5(3)10-11)14-8(9)13/h4,10H,1-3H3,(H2,9,13). The lowest BCUT2D eigenvalue weighted by molar-refractivity contribution is 0.210. The van der Waals surface area contributed by atoms with Crippen LogP contribution in [-0.2, 0) is 0 Å². The second kappa shape index (κ2) is 3.57. The topological polar surface area (TPSA) is 90.1 Å². The number of primary amides is 1. The van der Waals surface area contributed by atoms with Crippen LogP contribution >= 0.6 is 0 Å². The van der Waals surface area contributed by atoms with Gasteiger partial charge in [-0.25, -0.2) is 9.48 Å². The molecule has 6 heteroatoms. The van der Waals surface area contributed by atoms with Crippen molar-refractivity contribution in [1.29, 1.82) is 0 Å². The minimum atomic E-state index is -0.986. The van der Waals surface area contributed by atoms with Gasteiger partial charge >= 0.3 is 11.7 Å². The molecule has 1 aromatic heterocycles. The lowest BCUT2D eigenvalue weighted by atomic mass is 10.4. The minimum Gasteiger partial charge on any atom is -0.403 e. The van der Waals surface area contributed by atoms with E-state index in [9.17, 15) is 9.59 Å². The van der Waals surface area contributed by atoms with Crippen LogP contribution in [-0.4, -0.2) is 15.9 Å². The third-order valence-electron chi connectivity index (χ3n) is 1.76. The van der Waals surface area contributed by atoms with Gasteiger partial charge in [0, 0.05) is 6.04 Å². The highest BCUT2D eigenvalue weighted by Crippen LogP contribution is 2.11. The van der Waals surface area contributed by atoms with Crippen molar-refractivity contribution in [3.05, 3.63) is 16.0 Å². The largest absolute Gasteiger partial charge is 0.410 e. The van der Waals surface area contributed by atoms with Gasteiger partial charge in [0.25, 0.3) is 0 Å². The van der Waals surface area contributed by atoms with Crippen molar-refractivity contribution in [1.82, 2.24) is 9.78 Å². The van der Waals surface area contributed by atoms with E-state index in [4.69, 9.17) is 5.73 Å². The summed E-state index contributed by atoms with van der Waals surface area (Å²) in [6, 6.07) is -0.0218. The van der Waals surface area contributed by atoms with Crippen molar-refractivity contribution < 1.29 is 9.53 Å². The second-order valence-corrected chi connectivity index (χ2v) is 3.26. The number of nitrogens with zero attached hydrogens (tertiary/aromatic N) is 1. The van der Waals surface area contributed by atoms with Crippen LogP contribution in [0.2, 0.25) is 0 Å². The molecule has 0 unspecified atom stereocenters. The second-order valence-electron chi connectivity index (χ2n) is 3.26. The Morgan fingerprint density at radius 1 is 1.57 bits per heavy atom. The SMILES string of the molecule is Cc1[nH]n(C(C)C)c(=O)c1OC(N)=O. The Bertz CT molecular complexity index is 402. The smallest absolute Gasteiger partial charge is 0.403 e. The normalized spacial score (nSPS) is 10.6. The number of carbonyl (C=O) groups excluding carboxylic acids is 1. The highest BCUT2D eigenvalue weighted by atomic mass is 16.6. The lowest BCUT2D eigenvalue weighted by Crippen LogP contribution is -2.23. The average Bonchev–Trinajstić information content (AvgIpc) is 2.31. The molecule has 0 saturated heterocycles. The Morgan fingerprint density at radius 3 is 2.50 bits per heavy atom. The van der Waals surface area contributed by atoms with Gasteiger partial charge in [0.15, 0.2) is 0 Å². The number of hydrogen-bond acceptors (Lipinski definition) is 3. The van der Waals surface area contributed by atoms with E-state index in [1.165, 1.54) is 4.68 Å². The zero-order valence-corrected chi connectivity index (χ0v) is 8.33. The molecule has 0 saturated carbocycles. The van der Waals surface area contributed by atoms with Crippen LogP contribution in [0.4, 0.5) is 4.79 Å². The van der Waals surface area contributed by atoms with E-state index in [0.717, 1.165) is 0 Å². The van der Waals surface area contributed by atoms with E-state index < -0.39 is 6.09 Å². The monoisotopic (exact) mass is 199 g/mol. The summed E-state index contributed by atoms with van der Waals surface area (Å²) in [5.41, 5.74) is 4.93. The number of hydrogen-bond donors (Lipinski definition) is 2. The number of carbonyl (C=O) groups is 1. The maximum absolute atomic E-state index is 11.6. The predicted octanol–water partition coefficient (Wildman–Crippen LogP) is 0.523. The molecule has 0 aliphatic rings. The molecular formula is C8H13N3O3. The molecule has 14 heavy (non-hydrogen) atoms. The van der Waals surface area contributed by atoms with Crippen LogP contribution < -0.4 is 16.0 Å². The van der Waals surface area contributed by atoms with Gasteiger partial charge in [-0.3, -0.25) is 9.89 Å². The highest BCUT2D eigenvalue weighted by molar-refractivity contribution is 5.68. The predicted molar refractivity (Wildman–Crippen MR) is 50.4 cm³/mol. The minimum absolute atomic E-state index is 0.0218. The number of amides is 1. The summed E-state index contributed by atoms with van der Waals surface area (Å²) in [6.45, 7) is 5.31. The molecule has 1 aromatic rings. The van der Waals surface area contributed by atoms with Crippen LogP contribution in [0.5, 0.6) is 5.75 Å². The molecule has 0 atom stereocenters. The summed E-state index contributed by atoms with van der Waals surface area (Å²) in [5, 5.41) is 2.79. The average molecular weight is 199 g/mol. The van der Waals surface area contributed by atoms with E-state index >= 15 is 0 Å². The van der Waals surface area contributed by atoms with Crippen molar-refractivity contribution in [2.75, 3.05) is 0 Å². The Balaban J connectivity index is 3.18. The number of aromatic nitrogens is 2. The van der Waals surface area contributed by atoms with E-state index in [2.05, 4.69) is 9.84 Å². The van der Waals surface area contributed by atoms with Crippen molar-refractivity contribution in [2.24, 2.45) is 5.73 Å². The fraction of sp³-hybridized carbons (Fsp3) is 0.500. The first-order valence-corrected chi connectivity index (χ1v) is 4.22. The van der Waals surface area contributed by atoms with Crippen LogP contribution in [0.25, 0.3) is 0 Å². The van der Waals surface area contributed by atoms with Gasteiger partial charge in [-0.15, -0.1) is 0 Å². The molecule has 6 nitrogen and oxygen atoms in total. The van der Waals surface area contributed by atoms with Crippen molar-refractivity contribution >= 4 is 6.09 Å². The third kappa shape index (κ3) is 1.78. The molecule has 0 bridgehead atoms.